The minimum absolute atomic E-state index is 0.0948. The van der Waals surface area contributed by atoms with Crippen molar-refractivity contribution in [2.45, 2.75) is 70.5 Å². The third-order valence-electron chi connectivity index (χ3n) is 7.19. The summed E-state index contributed by atoms with van der Waals surface area (Å²) >= 11 is 0. The van der Waals surface area contributed by atoms with E-state index < -0.39 is 11.0 Å². The van der Waals surface area contributed by atoms with Crippen molar-refractivity contribution in [3.8, 4) is 0 Å². The zero-order valence-corrected chi connectivity index (χ0v) is 21.8. The van der Waals surface area contributed by atoms with Gasteiger partial charge in [-0.25, -0.2) is 0 Å². The van der Waals surface area contributed by atoms with Gasteiger partial charge in [0.1, 0.15) is 6.04 Å². The molecule has 7 heteroatoms. The summed E-state index contributed by atoms with van der Waals surface area (Å²) in [5.41, 5.74) is 3.15. The molecule has 198 valence electrons. The maximum atomic E-state index is 13.9. The Morgan fingerprint density at radius 3 is 2.34 bits per heavy atom. The van der Waals surface area contributed by atoms with E-state index in [-0.39, 0.29) is 36.5 Å². The molecule has 0 saturated heterocycles. The fraction of sp³-hybridized carbons (Fsp3) is 0.355. The van der Waals surface area contributed by atoms with Gasteiger partial charge in [0, 0.05) is 30.6 Å². The molecule has 0 heterocycles. The molecule has 0 bridgehead atoms. The van der Waals surface area contributed by atoms with E-state index in [0.29, 0.717) is 12.0 Å². The van der Waals surface area contributed by atoms with Gasteiger partial charge >= 0.3 is 0 Å². The summed E-state index contributed by atoms with van der Waals surface area (Å²) in [6, 6.07) is 23.2. The lowest BCUT2D eigenvalue weighted by Crippen LogP contribution is -2.53. The molecule has 0 aliphatic heterocycles. The maximum absolute atomic E-state index is 13.9. The molecule has 1 fully saturated rings. The minimum atomic E-state index is -0.755. The third-order valence-corrected chi connectivity index (χ3v) is 7.19. The molecule has 1 aliphatic rings. The number of hydrogen-bond acceptors (Lipinski definition) is 4. The molecule has 0 spiro atoms. The SMILES string of the molecule is Cc1cccc(CN(C(=O)Cc2ccccc2[N+](=O)[O-])[C@@H](Cc2ccccc2)C(=O)NC2CCCCC2)c1. The lowest BCUT2D eigenvalue weighted by Gasteiger charge is -2.33. The first-order chi connectivity index (χ1) is 18.4. The number of carbonyl (C=O) groups excluding carboxylic acids is 2. The molecule has 0 unspecified atom stereocenters. The molecule has 7 nitrogen and oxygen atoms in total. The highest BCUT2D eigenvalue weighted by Crippen LogP contribution is 2.23. The van der Waals surface area contributed by atoms with Gasteiger partial charge in [-0.2, -0.15) is 0 Å². The second-order valence-corrected chi connectivity index (χ2v) is 10.1. The summed E-state index contributed by atoms with van der Waals surface area (Å²) in [5, 5.41) is 14.8. The zero-order chi connectivity index (χ0) is 26.9. The van der Waals surface area contributed by atoms with Gasteiger partial charge < -0.3 is 10.2 Å². The van der Waals surface area contributed by atoms with Crippen molar-refractivity contribution in [3.05, 3.63) is 111 Å². The topological polar surface area (TPSA) is 92.6 Å². The van der Waals surface area contributed by atoms with Gasteiger partial charge in [0.05, 0.1) is 11.3 Å². The minimum Gasteiger partial charge on any atom is -0.352 e. The number of nitro benzene ring substituents is 1. The lowest BCUT2D eigenvalue weighted by molar-refractivity contribution is -0.385. The van der Waals surface area contributed by atoms with Crippen molar-refractivity contribution >= 4 is 17.5 Å². The van der Waals surface area contributed by atoms with Crippen LogP contribution in [0.2, 0.25) is 0 Å². The summed E-state index contributed by atoms with van der Waals surface area (Å²) in [6.07, 6.45) is 5.40. The Labute approximate surface area is 224 Å². The van der Waals surface area contributed by atoms with Crippen LogP contribution in [0.15, 0.2) is 78.9 Å². The van der Waals surface area contributed by atoms with Crippen LogP contribution < -0.4 is 5.32 Å². The van der Waals surface area contributed by atoms with Crippen molar-refractivity contribution in [3.63, 3.8) is 0 Å². The van der Waals surface area contributed by atoms with Crippen LogP contribution >= 0.6 is 0 Å². The van der Waals surface area contributed by atoms with Crippen LogP contribution in [0.5, 0.6) is 0 Å². The maximum Gasteiger partial charge on any atom is 0.273 e. The van der Waals surface area contributed by atoms with Gasteiger partial charge in [0.2, 0.25) is 11.8 Å². The van der Waals surface area contributed by atoms with Crippen LogP contribution in [0.1, 0.15) is 54.4 Å². The first kappa shape index (κ1) is 27.0. The first-order valence-corrected chi connectivity index (χ1v) is 13.3. The monoisotopic (exact) mass is 513 g/mol. The molecule has 1 aliphatic carbocycles. The van der Waals surface area contributed by atoms with E-state index in [0.717, 1.165) is 42.4 Å². The average Bonchev–Trinajstić information content (AvgIpc) is 2.92. The Bertz CT molecular complexity index is 1250. The van der Waals surface area contributed by atoms with Gasteiger partial charge in [-0.1, -0.05) is 97.6 Å². The van der Waals surface area contributed by atoms with Crippen LogP contribution in [0, 0.1) is 17.0 Å². The normalized spacial score (nSPS) is 14.4. The number of nitrogens with zero attached hydrogens (tertiary/aromatic N) is 2. The van der Waals surface area contributed by atoms with E-state index >= 15 is 0 Å². The van der Waals surface area contributed by atoms with Gasteiger partial charge in [-0.3, -0.25) is 19.7 Å². The number of nitrogens with one attached hydrogen (secondary N) is 1. The molecular weight excluding hydrogens is 478 g/mol. The summed E-state index contributed by atoms with van der Waals surface area (Å²) < 4.78 is 0. The largest absolute Gasteiger partial charge is 0.352 e. The molecule has 1 atom stereocenters. The highest BCUT2D eigenvalue weighted by molar-refractivity contribution is 5.89. The highest BCUT2D eigenvalue weighted by atomic mass is 16.6. The van der Waals surface area contributed by atoms with Crippen molar-refractivity contribution in [1.82, 2.24) is 10.2 Å². The Balaban J connectivity index is 1.69. The Hall–Kier alpha value is -4.00. The standard InChI is InChI=1S/C31H35N3O4/c1-23-11-10-14-25(19-23)22-33(30(35)21-26-15-8-9-18-28(26)34(37)38)29(20-24-12-4-2-5-13-24)31(36)32-27-16-6-3-7-17-27/h2,4-5,8-15,18-19,27,29H,3,6-7,16-17,20-22H2,1H3,(H,32,36)/t29-/m0/s1. The molecule has 2 amide bonds. The Morgan fingerprint density at radius 2 is 1.63 bits per heavy atom. The first-order valence-electron chi connectivity index (χ1n) is 13.3. The predicted octanol–water partition coefficient (Wildman–Crippen LogP) is 5.53. The number of amides is 2. The van der Waals surface area contributed by atoms with Crippen molar-refractivity contribution in [2.75, 3.05) is 0 Å². The number of aryl methyl sites for hydroxylation is 1. The molecule has 3 aromatic carbocycles. The van der Waals surface area contributed by atoms with Crippen LogP contribution in [0.25, 0.3) is 0 Å². The van der Waals surface area contributed by atoms with Crippen LogP contribution in [-0.4, -0.2) is 33.7 Å². The summed E-state index contributed by atoms with van der Waals surface area (Å²) in [7, 11) is 0. The molecule has 0 aromatic heterocycles. The number of rotatable bonds is 10. The van der Waals surface area contributed by atoms with Crippen molar-refractivity contribution in [1.29, 1.82) is 0 Å². The second kappa shape index (κ2) is 13.0. The number of para-hydroxylation sites is 1. The summed E-state index contributed by atoms with van der Waals surface area (Å²) in [4.78, 5) is 40.5. The Kier molecular flexibility index (Phi) is 9.25. The average molecular weight is 514 g/mol. The van der Waals surface area contributed by atoms with Gasteiger partial charge in [0.25, 0.3) is 5.69 Å². The molecular formula is C31H35N3O4. The highest BCUT2D eigenvalue weighted by Gasteiger charge is 2.32. The number of carbonyl (C=O) groups is 2. The fourth-order valence-electron chi connectivity index (χ4n) is 5.21. The van der Waals surface area contributed by atoms with E-state index in [2.05, 4.69) is 5.32 Å². The quantitative estimate of drug-likeness (QED) is 0.285. The van der Waals surface area contributed by atoms with Crippen LogP contribution in [0.4, 0.5) is 5.69 Å². The number of hydrogen-bond donors (Lipinski definition) is 1. The predicted molar refractivity (Wildman–Crippen MR) is 147 cm³/mol. The third kappa shape index (κ3) is 7.28. The van der Waals surface area contributed by atoms with Gasteiger partial charge in [-0.15, -0.1) is 0 Å². The van der Waals surface area contributed by atoms with Crippen LogP contribution in [0.3, 0.4) is 0 Å². The van der Waals surface area contributed by atoms with Crippen molar-refractivity contribution in [2.24, 2.45) is 0 Å². The number of nitro groups is 1. The van der Waals surface area contributed by atoms with E-state index in [1.54, 1.807) is 23.1 Å². The van der Waals surface area contributed by atoms with E-state index in [4.69, 9.17) is 0 Å². The second-order valence-electron chi connectivity index (χ2n) is 10.1. The molecule has 4 rings (SSSR count). The van der Waals surface area contributed by atoms with Gasteiger partial charge in [-0.05, 0) is 30.9 Å². The van der Waals surface area contributed by atoms with E-state index in [1.165, 1.54) is 12.5 Å². The van der Waals surface area contributed by atoms with Crippen molar-refractivity contribution < 1.29 is 14.5 Å². The molecule has 3 aromatic rings. The summed E-state index contributed by atoms with van der Waals surface area (Å²) in [5.74, 6) is -0.496. The fourth-order valence-corrected chi connectivity index (χ4v) is 5.21. The molecule has 1 N–H and O–H groups in total. The number of benzene rings is 3. The van der Waals surface area contributed by atoms with Crippen LogP contribution in [-0.2, 0) is 29.0 Å². The van der Waals surface area contributed by atoms with E-state index in [9.17, 15) is 19.7 Å². The lowest BCUT2D eigenvalue weighted by atomic mass is 9.94. The molecule has 0 radical (unpaired) electrons. The smallest absolute Gasteiger partial charge is 0.273 e. The summed E-state index contributed by atoms with van der Waals surface area (Å²) in [6.45, 7) is 2.22. The Morgan fingerprint density at radius 1 is 0.947 bits per heavy atom. The van der Waals surface area contributed by atoms with Gasteiger partial charge in [0.15, 0.2) is 0 Å². The van der Waals surface area contributed by atoms with E-state index in [1.807, 2.05) is 61.5 Å². The molecule has 1 saturated carbocycles. The molecule has 38 heavy (non-hydrogen) atoms. The zero-order valence-electron chi connectivity index (χ0n) is 21.8.